The molecule has 1 N–H and O–H groups in total. The molecule has 0 bridgehead atoms. The van der Waals surface area contributed by atoms with Crippen molar-refractivity contribution in [3.63, 3.8) is 0 Å². The highest BCUT2D eigenvalue weighted by atomic mass is 32.2. The smallest absolute Gasteiger partial charge is 0.175 e. The maximum atomic E-state index is 11.9. The third kappa shape index (κ3) is 4.84. The van der Waals surface area contributed by atoms with Crippen LogP contribution in [0.5, 0.6) is 0 Å². The summed E-state index contributed by atoms with van der Waals surface area (Å²) in [6.07, 6.45) is 7.20. The van der Waals surface area contributed by atoms with Crippen LogP contribution in [0.4, 0.5) is 0 Å². The van der Waals surface area contributed by atoms with Crippen LogP contribution >= 0.6 is 0 Å². The molecule has 0 radical (unpaired) electrons. The summed E-state index contributed by atoms with van der Waals surface area (Å²) in [5.41, 5.74) is 2.50. The van der Waals surface area contributed by atoms with Crippen LogP contribution in [0.15, 0.2) is 35.2 Å². The van der Waals surface area contributed by atoms with Crippen molar-refractivity contribution in [2.75, 3.05) is 12.9 Å². The summed E-state index contributed by atoms with van der Waals surface area (Å²) in [5, 5.41) is 13.7. The van der Waals surface area contributed by atoms with E-state index in [1.165, 1.54) is 12.7 Å². The fraction of sp³-hybridized carbons (Fsp3) is 0.500. The number of aliphatic hydroxyl groups excluding tert-OH is 1. The van der Waals surface area contributed by atoms with E-state index < -0.39 is 9.84 Å². The molecule has 1 saturated carbocycles. The van der Waals surface area contributed by atoms with Crippen LogP contribution in [0.25, 0.3) is 11.3 Å². The first kappa shape index (κ1) is 19.8. The third-order valence-electron chi connectivity index (χ3n) is 5.05. The highest BCUT2D eigenvalue weighted by molar-refractivity contribution is 7.90. The lowest BCUT2D eigenvalue weighted by atomic mass is 9.95. The number of benzene rings is 1. The first-order valence-electron chi connectivity index (χ1n) is 9.40. The zero-order chi connectivity index (χ0) is 19.4. The van der Waals surface area contributed by atoms with Gasteiger partial charge in [-0.25, -0.2) is 8.42 Å². The van der Waals surface area contributed by atoms with Gasteiger partial charge in [0.1, 0.15) is 5.78 Å². The van der Waals surface area contributed by atoms with Crippen molar-refractivity contribution in [2.45, 2.75) is 55.9 Å². The number of carbonyl (C=O) groups is 1. The van der Waals surface area contributed by atoms with E-state index >= 15 is 0 Å². The Balaban J connectivity index is 1.96. The minimum absolute atomic E-state index is 0.0373. The molecule has 1 aliphatic rings. The van der Waals surface area contributed by atoms with E-state index in [4.69, 9.17) is 10.2 Å². The summed E-state index contributed by atoms with van der Waals surface area (Å²) < 4.78 is 25.4. The third-order valence-corrected chi connectivity index (χ3v) is 6.18. The lowest BCUT2D eigenvalue weighted by molar-refractivity contribution is -0.119. The minimum Gasteiger partial charge on any atom is -0.396 e. The van der Waals surface area contributed by atoms with Gasteiger partial charge in [-0.3, -0.25) is 9.48 Å². The van der Waals surface area contributed by atoms with Gasteiger partial charge in [-0.2, -0.15) is 5.10 Å². The van der Waals surface area contributed by atoms with Crippen LogP contribution in [-0.4, -0.2) is 42.0 Å². The number of hydrogen-bond acceptors (Lipinski definition) is 5. The minimum atomic E-state index is -3.24. The summed E-state index contributed by atoms with van der Waals surface area (Å²) in [7, 11) is -3.24. The fourth-order valence-corrected chi connectivity index (χ4v) is 4.27. The molecule has 1 heterocycles. The molecule has 3 rings (SSSR count). The molecule has 0 aliphatic heterocycles. The normalized spacial score (nSPS) is 15.8. The number of sulfone groups is 1. The molecule has 0 atom stereocenters. The molecule has 1 aliphatic carbocycles. The molecule has 2 aromatic rings. The first-order valence-corrected chi connectivity index (χ1v) is 11.3. The molecule has 7 heteroatoms. The zero-order valence-corrected chi connectivity index (χ0v) is 16.4. The Morgan fingerprint density at radius 2 is 1.85 bits per heavy atom. The van der Waals surface area contributed by atoms with Gasteiger partial charge < -0.3 is 5.11 Å². The Labute approximate surface area is 160 Å². The van der Waals surface area contributed by atoms with Crippen molar-refractivity contribution in [2.24, 2.45) is 0 Å². The van der Waals surface area contributed by atoms with E-state index in [9.17, 15) is 13.2 Å². The van der Waals surface area contributed by atoms with Crippen molar-refractivity contribution < 1.29 is 18.3 Å². The van der Waals surface area contributed by atoms with Gasteiger partial charge >= 0.3 is 0 Å². The Morgan fingerprint density at radius 3 is 2.44 bits per heavy atom. The maximum absolute atomic E-state index is 11.9. The predicted octanol–water partition coefficient (Wildman–Crippen LogP) is 2.95. The Kier molecular flexibility index (Phi) is 6.11. The topological polar surface area (TPSA) is 89.3 Å². The molecule has 27 heavy (non-hydrogen) atoms. The summed E-state index contributed by atoms with van der Waals surface area (Å²) in [4.78, 5) is 12.2. The number of carbonyl (C=O) groups excluding carboxylic acids is 1. The summed E-state index contributed by atoms with van der Waals surface area (Å²) >= 11 is 0. The molecule has 0 amide bonds. The van der Waals surface area contributed by atoms with Crippen LogP contribution in [0.1, 0.15) is 50.3 Å². The van der Waals surface area contributed by atoms with Crippen molar-refractivity contribution in [1.82, 2.24) is 9.78 Å². The number of nitrogens with zero attached hydrogens (tertiary/aromatic N) is 2. The van der Waals surface area contributed by atoms with E-state index in [2.05, 4.69) is 0 Å². The van der Waals surface area contributed by atoms with Crippen LogP contribution in [-0.2, 0) is 21.1 Å². The Bertz CT molecular complexity index is 895. The second kappa shape index (κ2) is 8.35. The average molecular weight is 391 g/mol. The Hall–Kier alpha value is -1.99. The van der Waals surface area contributed by atoms with Gasteiger partial charge in [-0.1, -0.05) is 31.4 Å². The molecular formula is C20H26N2O4S. The van der Waals surface area contributed by atoms with Gasteiger partial charge in [-0.05, 0) is 36.6 Å². The van der Waals surface area contributed by atoms with Gasteiger partial charge in [0, 0.05) is 19.3 Å². The number of aromatic nitrogens is 2. The fourth-order valence-electron chi connectivity index (χ4n) is 3.64. The second-order valence-corrected chi connectivity index (χ2v) is 9.26. The van der Waals surface area contributed by atoms with Crippen molar-refractivity contribution in [1.29, 1.82) is 0 Å². The van der Waals surface area contributed by atoms with E-state index in [0.717, 1.165) is 36.9 Å². The molecule has 1 aromatic carbocycles. The molecule has 0 unspecified atom stereocenters. The first-order chi connectivity index (χ1) is 12.9. The lowest BCUT2D eigenvalue weighted by Crippen LogP contribution is -2.16. The standard InChI is InChI=1S/C20H26N2O4S/c1-27(25,26)19-9-7-15(8-10-19)20-14-16(13-18(24)11-12-23)21-22(20)17-5-3-2-4-6-17/h7-10,14,17,23H,2-6,11-13H2,1H3. The molecule has 1 aromatic heterocycles. The highest BCUT2D eigenvalue weighted by Crippen LogP contribution is 2.33. The number of rotatable bonds is 7. The van der Waals surface area contributed by atoms with Crippen LogP contribution in [0.2, 0.25) is 0 Å². The van der Waals surface area contributed by atoms with Crippen LogP contribution in [0, 0.1) is 0 Å². The largest absolute Gasteiger partial charge is 0.396 e. The van der Waals surface area contributed by atoms with Crippen LogP contribution in [0.3, 0.4) is 0 Å². The summed E-state index contributed by atoms with van der Waals surface area (Å²) in [6.45, 7) is -0.151. The molecular weight excluding hydrogens is 364 g/mol. The number of Topliss-reactive ketones (excluding diaryl/α,β-unsaturated/α-hetero) is 1. The van der Waals surface area contributed by atoms with Gasteiger partial charge in [0.25, 0.3) is 0 Å². The second-order valence-electron chi connectivity index (χ2n) is 7.24. The van der Waals surface area contributed by atoms with Gasteiger partial charge in [0.05, 0.1) is 28.7 Å². The van der Waals surface area contributed by atoms with Crippen molar-refractivity contribution >= 4 is 15.6 Å². The Morgan fingerprint density at radius 1 is 1.19 bits per heavy atom. The lowest BCUT2D eigenvalue weighted by Gasteiger charge is -2.24. The summed E-state index contributed by atoms with van der Waals surface area (Å²) in [6, 6.07) is 9.03. The predicted molar refractivity (Wildman–Crippen MR) is 103 cm³/mol. The number of hydrogen-bond donors (Lipinski definition) is 1. The van der Waals surface area contributed by atoms with E-state index in [1.54, 1.807) is 24.3 Å². The quantitative estimate of drug-likeness (QED) is 0.785. The zero-order valence-electron chi connectivity index (χ0n) is 15.6. The maximum Gasteiger partial charge on any atom is 0.175 e. The average Bonchev–Trinajstić information content (AvgIpc) is 3.06. The molecule has 6 nitrogen and oxygen atoms in total. The van der Waals surface area contributed by atoms with Gasteiger partial charge in [-0.15, -0.1) is 0 Å². The number of ketones is 1. The van der Waals surface area contributed by atoms with Gasteiger partial charge in [0.2, 0.25) is 0 Å². The van der Waals surface area contributed by atoms with E-state index in [0.29, 0.717) is 11.7 Å². The highest BCUT2D eigenvalue weighted by Gasteiger charge is 2.21. The van der Waals surface area contributed by atoms with Crippen molar-refractivity contribution in [3.8, 4) is 11.3 Å². The van der Waals surface area contributed by atoms with Crippen LogP contribution < -0.4 is 0 Å². The molecule has 0 spiro atoms. The van der Waals surface area contributed by atoms with E-state index in [1.807, 2.05) is 10.7 Å². The van der Waals surface area contributed by atoms with Gasteiger partial charge in [0.15, 0.2) is 9.84 Å². The molecule has 146 valence electrons. The van der Waals surface area contributed by atoms with Crippen molar-refractivity contribution in [3.05, 3.63) is 36.0 Å². The number of aliphatic hydroxyl groups is 1. The monoisotopic (exact) mass is 390 g/mol. The summed E-state index contributed by atoms with van der Waals surface area (Å²) in [5.74, 6) is -0.0373. The van der Waals surface area contributed by atoms with E-state index in [-0.39, 0.29) is 30.1 Å². The SMILES string of the molecule is CS(=O)(=O)c1ccc(-c2cc(CC(=O)CCO)nn2C2CCCCC2)cc1. The molecule has 0 saturated heterocycles. The molecule has 1 fully saturated rings.